The maximum Gasteiger partial charge on any atom is 0.357 e. The number of nitrogens with zero attached hydrogens (tertiary/aromatic N) is 2. The third kappa shape index (κ3) is 4.36. The lowest BCUT2D eigenvalue weighted by Gasteiger charge is -2.07. The molecule has 1 N–H and O–H groups in total. The van der Waals surface area contributed by atoms with Gasteiger partial charge in [0.1, 0.15) is 17.0 Å². The average molecular weight is 436 g/mol. The zero-order valence-electron chi connectivity index (χ0n) is 17.6. The number of benzene rings is 2. The fourth-order valence-corrected chi connectivity index (χ4v) is 3.02. The van der Waals surface area contributed by atoms with Crippen molar-refractivity contribution < 1.29 is 33.7 Å². The van der Waals surface area contributed by atoms with Gasteiger partial charge in [0.05, 0.1) is 27.0 Å². The van der Waals surface area contributed by atoms with E-state index < -0.39 is 17.9 Å². The number of rotatable bonds is 6. The van der Waals surface area contributed by atoms with Gasteiger partial charge in [-0.25, -0.2) is 19.1 Å². The second-order valence-electron chi connectivity index (χ2n) is 6.44. The zero-order valence-corrected chi connectivity index (χ0v) is 17.6. The molecule has 0 unspecified atom stereocenters. The molecule has 0 radical (unpaired) electrons. The lowest BCUT2D eigenvalue weighted by atomic mass is 10.0. The van der Waals surface area contributed by atoms with Gasteiger partial charge in [0.25, 0.3) is 0 Å². The summed E-state index contributed by atoms with van der Waals surface area (Å²) in [7, 11) is 3.60. The van der Waals surface area contributed by atoms with Crippen LogP contribution in [-0.4, -0.2) is 54.1 Å². The Kier molecular flexibility index (Phi) is 6.69. The Labute approximate surface area is 183 Å². The molecule has 32 heavy (non-hydrogen) atoms. The van der Waals surface area contributed by atoms with E-state index in [9.17, 15) is 19.5 Å². The van der Waals surface area contributed by atoms with Crippen LogP contribution in [0.25, 0.3) is 23.0 Å². The van der Waals surface area contributed by atoms with Gasteiger partial charge >= 0.3 is 17.9 Å². The Balaban J connectivity index is 2.30. The number of hydrogen-bond acceptors (Lipinski definition) is 8. The fourth-order valence-electron chi connectivity index (χ4n) is 3.02. The molecule has 9 heteroatoms. The summed E-state index contributed by atoms with van der Waals surface area (Å²) in [6.07, 6.45) is 2.68. The van der Waals surface area contributed by atoms with Crippen LogP contribution in [0.1, 0.15) is 26.4 Å². The van der Waals surface area contributed by atoms with Crippen LogP contribution < -0.4 is 0 Å². The van der Waals surface area contributed by atoms with E-state index in [4.69, 9.17) is 9.47 Å². The van der Waals surface area contributed by atoms with Crippen LogP contribution in [0.4, 0.5) is 0 Å². The third-order valence-electron chi connectivity index (χ3n) is 4.54. The van der Waals surface area contributed by atoms with E-state index in [0.29, 0.717) is 11.3 Å². The summed E-state index contributed by atoms with van der Waals surface area (Å²) < 4.78 is 15.6. The van der Waals surface area contributed by atoms with Gasteiger partial charge in [-0.3, -0.25) is 0 Å². The second-order valence-corrected chi connectivity index (χ2v) is 6.44. The molecule has 0 aliphatic carbocycles. The van der Waals surface area contributed by atoms with Gasteiger partial charge in [-0.2, -0.15) is 5.10 Å². The fraction of sp³-hybridized carbons (Fsp3) is 0.130. The van der Waals surface area contributed by atoms with Crippen molar-refractivity contribution in [2.75, 3.05) is 21.3 Å². The molecule has 0 fully saturated rings. The summed E-state index contributed by atoms with van der Waals surface area (Å²) >= 11 is 0. The van der Waals surface area contributed by atoms with Crippen LogP contribution in [-0.2, 0) is 19.0 Å². The highest BCUT2D eigenvalue weighted by Gasteiger charge is 2.32. The Bertz CT molecular complexity index is 1200. The molecule has 3 rings (SSSR count). The number of carbonyl (C=O) groups excluding carboxylic acids is 3. The van der Waals surface area contributed by atoms with E-state index in [0.717, 1.165) is 0 Å². The standard InChI is InChI=1S/C23H20N2O7/c1-30-18(27)12-10-14-9-11-17(26)16(13-14)20-19(22(28)31-2)21(23(29)32-3)25(24-20)15-7-5-4-6-8-15/h4-13,26H,1-3H3. The molecular formula is C23H20N2O7. The van der Waals surface area contributed by atoms with Gasteiger partial charge in [-0.1, -0.05) is 24.3 Å². The SMILES string of the molecule is COC(=O)C=Cc1ccc(O)c(-c2nn(-c3ccccc3)c(C(=O)OC)c2C(=O)OC)c1. The summed E-state index contributed by atoms with van der Waals surface area (Å²) in [6.45, 7) is 0. The minimum atomic E-state index is -0.836. The van der Waals surface area contributed by atoms with Crippen molar-refractivity contribution in [2.24, 2.45) is 0 Å². The van der Waals surface area contributed by atoms with E-state index >= 15 is 0 Å². The number of aromatic hydroxyl groups is 1. The lowest BCUT2D eigenvalue weighted by molar-refractivity contribution is -0.134. The van der Waals surface area contributed by atoms with E-state index in [1.165, 1.54) is 50.3 Å². The smallest absolute Gasteiger partial charge is 0.357 e. The highest BCUT2D eigenvalue weighted by Crippen LogP contribution is 2.35. The predicted octanol–water partition coefficient (Wildman–Crippen LogP) is 3.00. The van der Waals surface area contributed by atoms with Crippen molar-refractivity contribution in [3.05, 3.63) is 71.4 Å². The molecule has 2 aromatic carbocycles. The first-order chi connectivity index (χ1) is 15.4. The lowest BCUT2D eigenvalue weighted by Crippen LogP contribution is -2.15. The van der Waals surface area contributed by atoms with Crippen LogP contribution in [0.5, 0.6) is 5.75 Å². The molecule has 0 spiro atoms. The van der Waals surface area contributed by atoms with Crippen molar-refractivity contribution in [3.8, 4) is 22.7 Å². The van der Waals surface area contributed by atoms with E-state index in [1.807, 2.05) is 0 Å². The minimum absolute atomic E-state index is 0.00641. The molecule has 9 nitrogen and oxygen atoms in total. The Hall–Kier alpha value is -4.40. The molecule has 0 aliphatic rings. The summed E-state index contributed by atoms with van der Waals surface area (Å²) in [5.41, 5.74) is 0.839. The van der Waals surface area contributed by atoms with Crippen LogP contribution in [0, 0.1) is 0 Å². The largest absolute Gasteiger partial charge is 0.507 e. The molecule has 3 aromatic rings. The highest BCUT2D eigenvalue weighted by atomic mass is 16.5. The second kappa shape index (κ2) is 9.61. The number of phenols is 1. The topological polar surface area (TPSA) is 117 Å². The van der Waals surface area contributed by atoms with Crippen LogP contribution >= 0.6 is 0 Å². The van der Waals surface area contributed by atoms with Gasteiger partial charge in [0, 0.05) is 11.6 Å². The third-order valence-corrected chi connectivity index (χ3v) is 4.54. The first-order valence-corrected chi connectivity index (χ1v) is 9.35. The minimum Gasteiger partial charge on any atom is -0.507 e. The number of para-hydroxylation sites is 1. The van der Waals surface area contributed by atoms with Gasteiger partial charge in [0.2, 0.25) is 0 Å². The van der Waals surface area contributed by atoms with Crippen molar-refractivity contribution >= 4 is 24.0 Å². The molecule has 1 aromatic heterocycles. The molecule has 0 aliphatic heterocycles. The van der Waals surface area contributed by atoms with Gasteiger partial charge in [0.15, 0.2) is 5.69 Å². The summed E-state index contributed by atoms with van der Waals surface area (Å²) in [4.78, 5) is 36.8. The number of carbonyl (C=O) groups is 3. The van der Waals surface area contributed by atoms with Gasteiger partial charge in [-0.05, 0) is 35.9 Å². The van der Waals surface area contributed by atoms with Crippen LogP contribution in [0.15, 0.2) is 54.6 Å². The van der Waals surface area contributed by atoms with Crippen molar-refractivity contribution in [2.45, 2.75) is 0 Å². The van der Waals surface area contributed by atoms with Crippen molar-refractivity contribution in [3.63, 3.8) is 0 Å². The number of phenolic OH excluding ortho intramolecular Hbond substituents is 1. The van der Waals surface area contributed by atoms with Crippen molar-refractivity contribution in [1.82, 2.24) is 9.78 Å². The summed E-state index contributed by atoms with van der Waals surface area (Å²) in [5, 5.41) is 15.0. The Morgan fingerprint density at radius 3 is 2.25 bits per heavy atom. The number of esters is 3. The zero-order chi connectivity index (χ0) is 23.3. The summed E-state index contributed by atoms with van der Waals surface area (Å²) in [6, 6.07) is 13.1. The normalized spacial score (nSPS) is 10.7. The summed E-state index contributed by atoms with van der Waals surface area (Å²) in [5.74, 6) is -2.40. The molecular weight excluding hydrogens is 416 g/mol. The average Bonchev–Trinajstić information content (AvgIpc) is 3.23. The van der Waals surface area contributed by atoms with E-state index in [1.54, 1.807) is 36.4 Å². The number of aromatic nitrogens is 2. The quantitative estimate of drug-likeness (QED) is 0.356. The number of hydrogen-bond donors (Lipinski definition) is 1. The van der Waals surface area contributed by atoms with Gasteiger partial charge in [-0.15, -0.1) is 0 Å². The van der Waals surface area contributed by atoms with E-state index in [-0.39, 0.29) is 28.3 Å². The number of ether oxygens (including phenoxy) is 3. The molecule has 1 heterocycles. The Morgan fingerprint density at radius 1 is 0.938 bits per heavy atom. The van der Waals surface area contributed by atoms with Crippen LogP contribution in [0.2, 0.25) is 0 Å². The predicted molar refractivity (Wildman–Crippen MR) is 114 cm³/mol. The number of methoxy groups -OCH3 is 3. The van der Waals surface area contributed by atoms with E-state index in [2.05, 4.69) is 9.84 Å². The Morgan fingerprint density at radius 2 is 1.62 bits per heavy atom. The first-order valence-electron chi connectivity index (χ1n) is 9.35. The maximum atomic E-state index is 12.7. The monoisotopic (exact) mass is 436 g/mol. The highest BCUT2D eigenvalue weighted by molar-refractivity contribution is 6.07. The molecule has 0 amide bonds. The van der Waals surface area contributed by atoms with Crippen LogP contribution in [0.3, 0.4) is 0 Å². The first kappa shape index (κ1) is 22.3. The van der Waals surface area contributed by atoms with Crippen molar-refractivity contribution in [1.29, 1.82) is 0 Å². The molecule has 0 bridgehead atoms. The molecule has 0 saturated carbocycles. The molecule has 0 saturated heterocycles. The molecule has 164 valence electrons. The molecule has 0 atom stereocenters. The van der Waals surface area contributed by atoms with Gasteiger partial charge < -0.3 is 19.3 Å². The maximum absolute atomic E-state index is 12.7.